The molecule has 2 aliphatic heterocycles. The molecule has 15 heavy (non-hydrogen) atoms. The molecule has 80 valence electrons. The van der Waals surface area contributed by atoms with Crippen molar-refractivity contribution < 1.29 is 14.3 Å². The average molecular weight is 207 g/mol. The fourth-order valence-corrected chi connectivity index (χ4v) is 1.99. The fourth-order valence-electron chi connectivity index (χ4n) is 1.99. The van der Waals surface area contributed by atoms with Crippen molar-refractivity contribution in [1.82, 2.24) is 4.90 Å². The maximum absolute atomic E-state index is 11.6. The first-order chi connectivity index (χ1) is 7.15. The minimum Gasteiger partial charge on any atom is -0.457 e. The van der Waals surface area contributed by atoms with Crippen LogP contribution in [-0.4, -0.2) is 29.4 Å². The van der Waals surface area contributed by atoms with Gasteiger partial charge in [-0.15, -0.1) is 0 Å². The van der Waals surface area contributed by atoms with Crippen molar-refractivity contribution in [2.45, 2.75) is 19.4 Å². The third-order valence-corrected chi connectivity index (χ3v) is 2.81. The lowest BCUT2D eigenvalue weighted by molar-refractivity contribution is -0.150. The topological polar surface area (TPSA) is 46.6 Å². The first-order valence-corrected chi connectivity index (χ1v) is 4.97. The predicted molar refractivity (Wildman–Crippen MR) is 53.7 cm³/mol. The molecule has 2 heterocycles. The van der Waals surface area contributed by atoms with Gasteiger partial charge in [-0.25, -0.2) is 4.79 Å². The van der Waals surface area contributed by atoms with E-state index in [-0.39, 0.29) is 24.5 Å². The highest BCUT2D eigenvalue weighted by Gasteiger charge is 2.47. The van der Waals surface area contributed by atoms with E-state index in [4.69, 9.17) is 4.74 Å². The summed E-state index contributed by atoms with van der Waals surface area (Å²) in [6, 6.07) is 0.170. The summed E-state index contributed by atoms with van der Waals surface area (Å²) < 4.78 is 4.91. The molecule has 0 aromatic rings. The number of amides is 1. The summed E-state index contributed by atoms with van der Waals surface area (Å²) >= 11 is 0. The third kappa shape index (κ3) is 1.46. The summed E-state index contributed by atoms with van der Waals surface area (Å²) in [6.45, 7) is 5.64. The molecule has 4 nitrogen and oxygen atoms in total. The maximum Gasteiger partial charge on any atom is 0.355 e. The average Bonchev–Trinajstić information content (AvgIpc) is 2.46. The van der Waals surface area contributed by atoms with E-state index in [0.29, 0.717) is 12.1 Å². The van der Waals surface area contributed by atoms with E-state index in [0.717, 1.165) is 0 Å². The Morgan fingerprint density at radius 1 is 1.80 bits per heavy atom. The van der Waals surface area contributed by atoms with Crippen molar-refractivity contribution in [1.29, 1.82) is 0 Å². The highest BCUT2D eigenvalue weighted by molar-refractivity contribution is 5.98. The largest absolute Gasteiger partial charge is 0.457 e. The Morgan fingerprint density at radius 2 is 2.53 bits per heavy atom. The maximum atomic E-state index is 11.6. The Balaban J connectivity index is 2.08. The van der Waals surface area contributed by atoms with Gasteiger partial charge in [0, 0.05) is 6.42 Å². The molecule has 0 radical (unpaired) electrons. The molecule has 0 N–H and O–H groups in total. The van der Waals surface area contributed by atoms with Crippen LogP contribution in [0.5, 0.6) is 0 Å². The van der Waals surface area contributed by atoms with E-state index in [1.807, 2.05) is 6.92 Å². The molecule has 1 fully saturated rings. The molecule has 1 saturated heterocycles. The number of β-lactam (4-membered cyclic amide) rings is 1. The number of carbonyl (C=O) groups is 2. The molecule has 0 saturated carbocycles. The normalized spacial score (nSPS) is 27.9. The molecule has 0 aromatic heterocycles. The molecule has 0 aromatic carbocycles. The van der Waals surface area contributed by atoms with Gasteiger partial charge < -0.3 is 9.64 Å². The number of rotatable bonds is 3. The van der Waals surface area contributed by atoms with Crippen LogP contribution < -0.4 is 0 Å². The van der Waals surface area contributed by atoms with E-state index < -0.39 is 5.97 Å². The molecule has 2 aliphatic rings. The van der Waals surface area contributed by atoms with Crippen molar-refractivity contribution in [2.24, 2.45) is 5.92 Å². The quantitative estimate of drug-likeness (QED) is 0.391. The molecule has 0 aliphatic carbocycles. The van der Waals surface area contributed by atoms with Gasteiger partial charge in [-0.05, 0) is 12.0 Å². The van der Waals surface area contributed by atoms with Gasteiger partial charge in [-0.2, -0.15) is 0 Å². The Morgan fingerprint density at radius 3 is 3.13 bits per heavy atom. The first-order valence-electron chi connectivity index (χ1n) is 4.97. The van der Waals surface area contributed by atoms with Gasteiger partial charge in [0.1, 0.15) is 12.3 Å². The van der Waals surface area contributed by atoms with Gasteiger partial charge in [-0.1, -0.05) is 19.6 Å². The second-order valence-corrected chi connectivity index (χ2v) is 3.83. The van der Waals surface area contributed by atoms with E-state index in [2.05, 4.69) is 6.58 Å². The summed E-state index contributed by atoms with van der Waals surface area (Å²) in [5, 5.41) is 0. The van der Waals surface area contributed by atoms with Gasteiger partial charge in [-0.3, -0.25) is 4.79 Å². The van der Waals surface area contributed by atoms with Crippen molar-refractivity contribution in [2.75, 3.05) is 6.61 Å². The lowest BCUT2D eigenvalue weighted by Crippen LogP contribution is -2.51. The van der Waals surface area contributed by atoms with Crippen molar-refractivity contribution in [3.8, 4) is 0 Å². The Hall–Kier alpha value is -1.58. The van der Waals surface area contributed by atoms with E-state index in [9.17, 15) is 9.59 Å². The van der Waals surface area contributed by atoms with Gasteiger partial charge in [0.05, 0.1) is 6.04 Å². The van der Waals surface area contributed by atoms with Crippen LogP contribution in [0.3, 0.4) is 0 Å². The van der Waals surface area contributed by atoms with E-state index in [1.54, 1.807) is 6.08 Å². The van der Waals surface area contributed by atoms with E-state index in [1.165, 1.54) is 11.0 Å². The molecular formula is C11H13NO3. The summed E-state index contributed by atoms with van der Waals surface area (Å²) in [5.41, 5.74) is 0.394. The van der Waals surface area contributed by atoms with Crippen LogP contribution >= 0.6 is 0 Å². The summed E-state index contributed by atoms with van der Waals surface area (Å²) in [4.78, 5) is 24.4. The fraction of sp³-hybridized carbons (Fsp3) is 0.455. The summed E-state index contributed by atoms with van der Waals surface area (Å²) in [5.74, 6) is -0.183. The van der Waals surface area contributed by atoms with E-state index >= 15 is 0 Å². The van der Waals surface area contributed by atoms with Crippen molar-refractivity contribution in [3.63, 3.8) is 0 Å². The third-order valence-electron chi connectivity index (χ3n) is 2.81. The predicted octanol–water partition coefficient (Wildman–Crippen LogP) is 0.850. The zero-order valence-corrected chi connectivity index (χ0v) is 8.60. The second kappa shape index (κ2) is 3.53. The van der Waals surface area contributed by atoms with Crippen LogP contribution in [0.4, 0.5) is 0 Å². The number of hydrogen-bond acceptors (Lipinski definition) is 3. The SMILES string of the molecule is C=CCOC(=O)C1=CC(C)C2CC(=O)N12. The molecule has 4 heteroatoms. The molecule has 1 amide bonds. The number of hydrogen-bond donors (Lipinski definition) is 0. The van der Waals surface area contributed by atoms with Crippen molar-refractivity contribution in [3.05, 3.63) is 24.4 Å². The highest BCUT2D eigenvalue weighted by Crippen LogP contribution is 2.37. The Labute approximate surface area is 88.2 Å². The zero-order chi connectivity index (χ0) is 11.0. The number of fused-ring (bicyclic) bond motifs is 1. The van der Waals surface area contributed by atoms with Crippen LogP contribution in [0.25, 0.3) is 0 Å². The minimum atomic E-state index is -0.433. The number of nitrogens with zero attached hydrogens (tertiary/aromatic N) is 1. The highest BCUT2D eigenvalue weighted by atomic mass is 16.5. The Kier molecular flexibility index (Phi) is 2.34. The molecule has 2 atom stereocenters. The van der Waals surface area contributed by atoms with Crippen LogP contribution in [0.15, 0.2) is 24.4 Å². The van der Waals surface area contributed by atoms with Crippen LogP contribution in [-0.2, 0) is 14.3 Å². The molecule has 2 unspecified atom stereocenters. The minimum absolute atomic E-state index is 0.00570. The van der Waals surface area contributed by atoms with Crippen LogP contribution in [0.2, 0.25) is 0 Å². The zero-order valence-electron chi connectivity index (χ0n) is 8.60. The number of ether oxygens (including phenoxy) is 1. The summed E-state index contributed by atoms with van der Waals surface area (Å²) in [6.07, 6.45) is 3.85. The van der Waals surface area contributed by atoms with Gasteiger partial charge in [0.15, 0.2) is 0 Å². The second-order valence-electron chi connectivity index (χ2n) is 3.83. The Bertz CT molecular complexity index is 359. The monoisotopic (exact) mass is 207 g/mol. The molecule has 0 spiro atoms. The molecule has 2 rings (SSSR count). The number of esters is 1. The lowest BCUT2D eigenvalue weighted by Gasteiger charge is -2.37. The van der Waals surface area contributed by atoms with Crippen LogP contribution in [0, 0.1) is 5.92 Å². The number of carbonyl (C=O) groups excluding carboxylic acids is 2. The first kappa shape index (κ1) is 9.96. The smallest absolute Gasteiger partial charge is 0.355 e. The standard InChI is InChI=1S/C11H13NO3/c1-3-4-15-11(14)9-5-7(2)8-6-10(13)12(8)9/h3,5,7-8H,1,4,6H2,2H3. The lowest BCUT2D eigenvalue weighted by atomic mass is 9.94. The van der Waals surface area contributed by atoms with Crippen molar-refractivity contribution >= 4 is 11.9 Å². The van der Waals surface area contributed by atoms with Gasteiger partial charge in [0.25, 0.3) is 0 Å². The summed E-state index contributed by atoms with van der Waals surface area (Å²) in [7, 11) is 0. The molecule has 0 bridgehead atoms. The van der Waals surface area contributed by atoms with Gasteiger partial charge >= 0.3 is 5.97 Å². The van der Waals surface area contributed by atoms with Crippen LogP contribution in [0.1, 0.15) is 13.3 Å². The van der Waals surface area contributed by atoms with Gasteiger partial charge in [0.2, 0.25) is 5.91 Å². The molecular weight excluding hydrogens is 194 g/mol.